The molecule has 0 fully saturated rings. The Labute approximate surface area is 107 Å². The summed E-state index contributed by atoms with van der Waals surface area (Å²) >= 11 is 0. The lowest BCUT2D eigenvalue weighted by Crippen LogP contribution is -2.26. The Morgan fingerprint density at radius 1 is 1.00 bits per heavy atom. The largest absolute Gasteiger partial charge is 0.251 e. The average molecular weight is 240 g/mol. The molecule has 2 rings (SSSR count). The van der Waals surface area contributed by atoms with Crippen molar-refractivity contribution in [3.05, 3.63) is 78.4 Å². The van der Waals surface area contributed by atoms with Gasteiger partial charge in [-0.15, -0.1) is 0 Å². The summed E-state index contributed by atoms with van der Waals surface area (Å²) < 4.78 is 0. The average Bonchev–Trinajstić information content (AvgIpc) is 2.47. The topological polar surface area (TPSA) is 29.5 Å². The van der Waals surface area contributed by atoms with E-state index in [0.29, 0.717) is 0 Å². The summed E-state index contributed by atoms with van der Waals surface area (Å²) in [6.07, 6.45) is 0. The van der Waals surface area contributed by atoms with Crippen LogP contribution in [0.4, 0.5) is 0 Å². The first kappa shape index (κ1) is 12.6. The predicted octanol–water partition coefficient (Wildman–Crippen LogP) is 4.10. The molecule has 2 aromatic rings. The van der Waals surface area contributed by atoms with Gasteiger partial charge in [0, 0.05) is 0 Å². The molecule has 0 heterocycles. The minimum Gasteiger partial charge on any atom is -0.251 e. The lowest BCUT2D eigenvalue weighted by molar-refractivity contribution is -0.303. The SMILES string of the molecule is C=C(c1ccccc1)C(C)(OO)c1ccccc1. The van der Waals surface area contributed by atoms with Crippen LogP contribution in [0.2, 0.25) is 0 Å². The Bertz CT molecular complexity index is 519. The van der Waals surface area contributed by atoms with Gasteiger partial charge in [-0.2, -0.15) is 0 Å². The maximum Gasteiger partial charge on any atom is 0.150 e. The third-order valence-electron chi connectivity index (χ3n) is 3.21. The standard InChI is InChI=1S/C16H16O2/c1-13(14-9-5-3-6-10-14)16(2,18-17)15-11-7-4-8-12-15/h3-12,17H,1H2,2H3. The smallest absolute Gasteiger partial charge is 0.150 e. The van der Waals surface area contributed by atoms with Gasteiger partial charge in [-0.25, -0.2) is 4.89 Å². The van der Waals surface area contributed by atoms with Crippen molar-refractivity contribution >= 4 is 5.57 Å². The first-order chi connectivity index (χ1) is 8.68. The molecular weight excluding hydrogens is 224 g/mol. The zero-order valence-corrected chi connectivity index (χ0v) is 10.3. The Hall–Kier alpha value is -1.90. The van der Waals surface area contributed by atoms with Crippen LogP contribution in [-0.2, 0) is 10.5 Å². The number of hydrogen-bond acceptors (Lipinski definition) is 2. The highest BCUT2D eigenvalue weighted by Crippen LogP contribution is 2.37. The number of hydrogen-bond donors (Lipinski definition) is 1. The van der Waals surface area contributed by atoms with Crippen LogP contribution in [0.3, 0.4) is 0 Å². The second-order valence-corrected chi connectivity index (χ2v) is 4.34. The monoisotopic (exact) mass is 240 g/mol. The number of benzene rings is 2. The molecule has 0 amide bonds. The molecule has 0 spiro atoms. The van der Waals surface area contributed by atoms with E-state index in [0.717, 1.165) is 16.7 Å². The second kappa shape index (κ2) is 5.17. The van der Waals surface area contributed by atoms with E-state index in [4.69, 9.17) is 4.89 Å². The van der Waals surface area contributed by atoms with Crippen molar-refractivity contribution in [2.75, 3.05) is 0 Å². The van der Waals surface area contributed by atoms with Crippen LogP contribution in [0, 0.1) is 0 Å². The molecule has 1 unspecified atom stereocenters. The molecular formula is C16H16O2. The van der Waals surface area contributed by atoms with Gasteiger partial charge >= 0.3 is 0 Å². The lowest BCUT2D eigenvalue weighted by atomic mass is 9.85. The Morgan fingerprint density at radius 3 is 2.00 bits per heavy atom. The van der Waals surface area contributed by atoms with Gasteiger partial charge in [0.2, 0.25) is 0 Å². The van der Waals surface area contributed by atoms with Gasteiger partial charge in [-0.3, -0.25) is 5.26 Å². The van der Waals surface area contributed by atoms with Crippen molar-refractivity contribution in [1.82, 2.24) is 0 Å². The van der Waals surface area contributed by atoms with E-state index in [1.807, 2.05) is 60.7 Å². The first-order valence-corrected chi connectivity index (χ1v) is 5.81. The van der Waals surface area contributed by atoms with Crippen LogP contribution in [-0.4, -0.2) is 5.26 Å². The maximum absolute atomic E-state index is 9.31. The third-order valence-corrected chi connectivity index (χ3v) is 3.21. The fraction of sp³-hybridized carbons (Fsp3) is 0.125. The van der Waals surface area contributed by atoms with E-state index < -0.39 is 5.60 Å². The van der Waals surface area contributed by atoms with E-state index in [-0.39, 0.29) is 0 Å². The molecule has 1 atom stereocenters. The van der Waals surface area contributed by atoms with Crippen molar-refractivity contribution in [3.63, 3.8) is 0 Å². The molecule has 0 bridgehead atoms. The Morgan fingerprint density at radius 2 is 1.50 bits per heavy atom. The zero-order chi connectivity index (χ0) is 13.0. The summed E-state index contributed by atoms with van der Waals surface area (Å²) in [7, 11) is 0. The Balaban J connectivity index is 2.43. The molecule has 2 aromatic carbocycles. The second-order valence-electron chi connectivity index (χ2n) is 4.34. The van der Waals surface area contributed by atoms with Gasteiger partial charge < -0.3 is 0 Å². The molecule has 2 heteroatoms. The summed E-state index contributed by atoms with van der Waals surface area (Å²) in [6.45, 7) is 5.86. The molecule has 0 aromatic heterocycles. The third kappa shape index (κ3) is 2.21. The first-order valence-electron chi connectivity index (χ1n) is 5.81. The molecule has 0 aliphatic heterocycles. The van der Waals surface area contributed by atoms with Crippen molar-refractivity contribution in [2.45, 2.75) is 12.5 Å². The molecule has 92 valence electrons. The summed E-state index contributed by atoms with van der Waals surface area (Å²) in [4.78, 5) is 4.74. The quantitative estimate of drug-likeness (QED) is 0.644. The summed E-state index contributed by atoms with van der Waals surface area (Å²) in [5.74, 6) is 0. The fourth-order valence-electron chi connectivity index (χ4n) is 1.95. The van der Waals surface area contributed by atoms with Gasteiger partial charge in [0.15, 0.2) is 5.60 Å². The van der Waals surface area contributed by atoms with E-state index in [9.17, 15) is 5.26 Å². The van der Waals surface area contributed by atoms with Crippen LogP contribution in [0.15, 0.2) is 67.2 Å². The summed E-state index contributed by atoms with van der Waals surface area (Å²) in [5, 5.41) is 9.31. The van der Waals surface area contributed by atoms with Crippen LogP contribution in [0.5, 0.6) is 0 Å². The fourth-order valence-corrected chi connectivity index (χ4v) is 1.95. The molecule has 2 nitrogen and oxygen atoms in total. The molecule has 0 saturated heterocycles. The van der Waals surface area contributed by atoms with E-state index in [2.05, 4.69) is 6.58 Å². The van der Waals surface area contributed by atoms with Crippen molar-refractivity contribution in [1.29, 1.82) is 0 Å². The Kier molecular flexibility index (Phi) is 3.60. The molecule has 0 radical (unpaired) electrons. The van der Waals surface area contributed by atoms with E-state index in [1.165, 1.54) is 0 Å². The predicted molar refractivity (Wildman–Crippen MR) is 73.0 cm³/mol. The van der Waals surface area contributed by atoms with Gasteiger partial charge in [-0.1, -0.05) is 67.2 Å². The highest BCUT2D eigenvalue weighted by atomic mass is 17.1. The zero-order valence-electron chi connectivity index (χ0n) is 10.3. The summed E-state index contributed by atoms with van der Waals surface area (Å²) in [6, 6.07) is 19.3. The van der Waals surface area contributed by atoms with Crippen molar-refractivity contribution in [2.24, 2.45) is 0 Å². The highest BCUT2D eigenvalue weighted by molar-refractivity contribution is 5.71. The van der Waals surface area contributed by atoms with Crippen LogP contribution in [0.1, 0.15) is 18.1 Å². The molecule has 0 aliphatic rings. The molecule has 1 N–H and O–H groups in total. The van der Waals surface area contributed by atoms with E-state index in [1.54, 1.807) is 6.92 Å². The molecule has 18 heavy (non-hydrogen) atoms. The van der Waals surface area contributed by atoms with Crippen LogP contribution < -0.4 is 0 Å². The highest BCUT2D eigenvalue weighted by Gasteiger charge is 2.32. The van der Waals surface area contributed by atoms with Gasteiger partial charge in [-0.05, 0) is 23.6 Å². The molecule has 0 aliphatic carbocycles. The van der Waals surface area contributed by atoms with Crippen LogP contribution >= 0.6 is 0 Å². The van der Waals surface area contributed by atoms with Crippen LogP contribution in [0.25, 0.3) is 5.57 Å². The van der Waals surface area contributed by atoms with Crippen molar-refractivity contribution in [3.8, 4) is 0 Å². The van der Waals surface area contributed by atoms with E-state index >= 15 is 0 Å². The normalized spacial score (nSPS) is 13.9. The lowest BCUT2D eigenvalue weighted by Gasteiger charge is -2.29. The molecule has 0 saturated carbocycles. The van der Waals surface area contributed by atoms with Crippen molar-refractivity contribution < 1.29 is 10.1 Å². The minimum atomic E-state index is -0.942. The van der Waals surface area contributed by atoms with Gasteiger partial charge in [0.1, 0.15) is 0 Å². The van der Waals surface area contributed by atoms with Gasteiger partial charge in [0.05, 0.1) is 0 Å². The maximum atomic E-state index is 9.31. The summed E-state index contributed by atoms with van der Waals surface area (Å²) in [5.41, 5.74) is 1.58. The number of rotatable bonds is 4. The minimum absolute atomic E-state index is 0.719. The van der Waals surface area contributed by atoms with Gasteiger partial charge in [0.25, 0.3) is 0 Å².